The molecule has 1 aliphatic heterocycles. The largest absolute Gasteiger partial charge is 0.380 e. The Morgan fingerprint density at radius 3 is 2.76 bits per heavy atom. The van der Waals surface area contributed by atoms with Gasteiger partial charge in [0.25, 0.3) is 0 Å². The molecule has 0 aliphatic carbocycles. The fourth-order valence-corrected chi connectivity index (χ4v) is 2.02. The first-order chi connectivity index (χ1) is 8.07. The zero-order valence-electron chi connectivity index (χ0n) is 11.1. The summed E-state index contributed by atoms with van der Waals surface area (Å²) >= 11 is 0. The lowest BCUT2D eigenvalue weighted by atomic mass is 9.88. The fraction of sp³-hybridized carbons (Fsp3) is 0.643. The van der Waals surface area contributed by atoms with Crippen LogP contribution in [0, 0.1) is 0 Å². The molecule has 0 unspecified atom stereocenters. The molecule has 0 atom stereocenters. The summed E-state index contributed by atoms with van der Waals surface area (Å²) in [4.78, 5) is 6.74. The van der Waals surface area contributed by atoms with E-state index in [9.17, 15) is 0 Å². The van der Waals surface area contributed by atoms with Crippen molar-refractivity contribution in [1.29, 1.82) is 0 Å². The number of aromatic nitrogens is 1. The average Bonchev–Trinajstić information content (AvgIpc) is 2.56. The Labute approximate surface area is 104 Å². The Bertz CT molecular complexity index is 363. The fourth-order valence-electron chi connectivity index (χ4n) is 2.02. The second kappa shape index (κ2) is 5.05. The number of hydrogen-bond donors (Lipinski definition) is 0. The Kier molecular flexibility index (Phi) is 3.67. The van der Waals surface area contributed by atoms with Crippen molar-refractivity contribution in [3.63, 3.8) is 0 Å². The lowest BCUT2D eigenvalue weighted by Gasteiger charge is -2.25. The maximum Gasteiger partial charge on any atom is 0.0641 e. The van der Waals surface area contributed by atoms with Crippen LogP contribution in [-0.4, -0.2) is 31.3 Å². The third-order valence-corrected chi connectivity index (χ3v) is 3.18. The van der Waals surface area contributed by atoms with E-state index in [4.69, 9.17) is 4.74 Å². The molecule has 3 heteroatoms. The highest BCUT2D eigenvalue weighted by molar-refractivity contribution is 5.47. The van der Waals surface area contributed by atoms with Gasteiger partial charge in [-0.3, -0.25) is 4.98 Å². The summed E-state index contributed by atoms with van der Waals surface area (Å²) in [5.41, 5.74) is 2.67. The van der Waals surface area contributed by atoms with E-state index in [0.29, 0.717) is 0 Å². The molecule has 1 saturated heterocycles. The van der Waals surface area contributed by atoms with Crippen LogP contribution in [0.25, 0.3) is 0 Å². The van der Waals surface area contributed by atoms with Gasteiger partial charge in [0.2, 0.25) is 0 Å². The predicted molar refractivity (Wildman–Crippen MR) is 70.6 cm³/mol. The molecule has 1 aromatic rings. The molecule has 1 fully saturated rings. The maximum atomic E-state index is 5.48. The van der Waals surface area contributed by atoms with Gasteiger partial charge >= 0.3 is 0 Å². The zero-order chi connectivity index (χ0) is 12.3. The molecule has 3 nitrogen and oxygen atoms in total. The van der Waals surface area contributed by atoms with Gasteiger partial charge in [0.1, 0.15) is 0 Å². The molecule has 94 valence electrons. The molecule has 0 radical (unpaired) electrons. The number of ether oxygens (including phenoxy) is 1. The lowest BCUT2D eigenvalue weighted by Crippen LogP contribution is -2.26. The average molecular weight is 234 g/mol. The number of rotatable bonds is 1. The van der Waals surface area contributed by atoms with Crippen LogP contribution in [0.15, 0.2) is 18.5 Å². The summed E-state index contributed by atoms with van der Waals surface area (Å²) in [5.74, 6) is 0. The Hall–Kier alpha value is -1.09. The summed E-state index contributed by atoms with van der Waals surface area (Å²) < 4.78 is 5.48. The molecule has 1 aliphatic rings. The van der Waals surface area contributed by atoms with Crippen molar-refractivity contribution in [2.24, 2.45) is 0 Å². The summed E-state index contributed by atoms with van der Waals surface area (Å²) in [6.07, 6.45) is 5.03. The Morgan fingerprint density at radius 1 is 1.18 bits per heavy atom. The van der Waals surface area contributed by atoms with E-state index in [1.54, 1.807) is 0 Å². The van der Waals surface area contributed by atoms with E-state index in [-0.39, 0.29) is 5.41 Å². The molecule has 0 amide bonds. The highest BCUT2D eigenvalue weighted by Gasteiger charge is 2.16. The van der Waals surface area contributed by atoms with Gasteiger partial charge in [0.05, 0.1) is 18.5 Å². The van der Waals surface area contributed by atoms with E-state index >= 15 is 0 Å². The van der Waals surface area contributed by atoms with Gasteiger partial charge in [0, 0.05) is 25.9 Å². The molecule has 2 heterocycles. The molecular weight excluding hydrogens is 212 g/mol. The van der Waals surface area contributed by atoms with Crippen molar-refractivity contribution in [1.82, 2.24) is 4.98 Å². The summed E-state index contributed by atoms with van der Waals surface area (Å²) in [5, 5.41) is 0. The minimum absolute atomic E-state index is 0.158. The van der Waals surface area contributed by atoms with Crippen molar-refractivity contribution < 1.29 is 4.74 Å². The van der Waals surface area contributed by atoms with Crippen LogP contribution in [0.2, 0.25) is 0 Å². The van der Waals surface area contributed by atoms with Gasteiger partial charge in [-0.15, -0.1) is 0 Å². The summed E-state index contributed by atoms with van der Waals surface area (Å²) in [6.45, 7) is 10.4. The van der Waals surface area contributed by atoms with Crippen LogP contribution in [-0.2, 0) is 10.2 Å². The standard InChI is InChI=1S/C14H22N2O/c1-14(2,3)12-9-13(11-15-10-12)16-5-4-7-17-8-6-16/h9-11H,4-8H2,1-3H3. The number of anilines is 1. The minimum Gasteiger partial charge on any atom is -0.380 e. The molecule has 1 aromatic heterocycles. The molecule has 0 aromatic carbocycles. The normalized spacial score (nSPS) is 17.9. The van der Waals surface area contributed by atoms with Crippen molar-refractivity contribution in [3.05, 3.63) is 24.0 Å². The van der Waals surface area contributed by atoms with E-state index in [1.807, 2.05) is 12.4 Å². The molecule has 17 heavy (non-hydrogen) atoms. The first kappa shape index (κ1) is 12.4. The van der Waals surface area contributed by atoms with E-state index in [2.05, 4.69) is 36.7 Å². The topological polar surface area (TPSA) is 25.4 Å². The van der Waals surface area contributed by atoms with Gasteiger partial charge < -0.3 is 9.64 Å². The monoisotopic (exact) mass is 234 g/mol. The minimum atomic E-state index is 0.158. The number of nitrogens with zero attached hydrogens (tertiary/aromatic N) is 2. The molecule has 0 spiro atoms. The van der Waals surface area contributed by atoms with Gasteiger partial charge in [0.15, 0.2) is 0 Å². The summed E-state index contributed by atoms with van der Waals surface area (Å²) in [7, 11) is 0. The molecular formula is C14H22N2O. The maximum absolute atomic E-state index is 5.48. The second-order valence-corrected chi connectivity index (χ2v) is 5.63. The SMILES string of the molecule is CC(C)(C)c1cncc(N2CCCOCC2)c1. The molecule has 0 saturated carbocycles. The molecule has 0 N–H and O–H groups in total. The van der Waals surface area contributed by atoms with Gasteiger partial charge in [-0.25, -0.2) is 0 Å². The number of pyridine rings is 1. The van der Waals surface area contributed by atoms with Crippen LogP contribution in [0.5, 0.6) is 0 Å². The quantitative estimate of drug-likeness (QED) is 0.747. The highest BCUT2D eigenvalue weighted by atomic mass is 16.5. The summed E-state index contributed by atoms with van der Waals surface area (Å²) in [6, 6.07) is 2.26. The van der Waals surface area contributed by atoms with Gasteiger partial charge in [-0.05, 0) is 23.5 Å². The van der Waals surface area contributed by atoms with Crippen molar-refractivity contribution >= 4 is 5.69 Å². The first-order valence-electron chi connectivity index (χ1n) is 6.35. The highest BCUT2D eigenvalue weighted by Crippen LogP contribution is 2.25. The van der Waals surface area contributed by atoms with Crippen LogP contribution >= 0.6 is 0 Å². The Balaban J connectivity index is 2.20. The van der Waals surface area contributed by atoms with E-state index in [0.717, 1.165) is 32.7 Å². The van der Waals surface area contributed by atoms with Gasteiger partial charge in [-0.2, -0.15) is 0 Å². The third kappa shape index (κ3) is 3.19. The lowest BCUT2D eigenvalue weighted by molar-refractivity contribution is 0.152. The second-order valence-electron chi connectivity index (χ2n) is 5.63. The number of hydrogen-bond acceptors (Lipinski definition) is 3. The van der Waals surface area contributed by atoms with Crippen molar-refractivity contribution in [2.45, 2.75) is 32.6 Å². The van der Waals surface area contributed by atoms with Crippen LogP contribution < -0.4 is 4.90 Å². The predicted octanol–water partition coefficient (Wildman–Crippen LogP) is 2.61. The first-order valence-corrected chi connectivity index (χ1v) is 6.35. The van der Waals surface area contributed by atoms with E-state index in [1.165, 1.54) is 11.3 Å². The van der Waals surface area contributed by atoms with Crippen molar-refractivity contribution in [3.8, 4) is 0 Å². The Morgan fingerprint density at radius 2 is 2.00 bits per heavy atom. The van der Waals surface area contributed by atoms with Crippen LogP contribution in [0.3, 0.4) is 0 Å². The smallest absolute Gasteiger partial charge is 0.0641 e. The molecule has 0 bridgehead atoms. The van der Waals surface area contributed by atoms with Crippen LogP contribution in [0.4, 0.5) is 5.69 Å². The van der Waals surface area contributed by atoms with E-state index < -0.39 is 0 Å². The van der Waals surface area contributed by atoms with Gasteiger partial charge in [-0.1, -0.05) is 20.8 Å². The van der Waals surface area contributed by atoms with Crippen molar-refractivity contribution in [2.75, 3.05) is 31.2 Å². The molecule has 2 rings (SSSR count). The van der Waals surface area contributed by atoms with Crippen LogP contribution in [0.1, 0.15) is 32.8 Å². The third-order valence-electron chi connectivity index (χ3n) is 3.18. The zero-order valence-corrected chi connectivity index (χ0v) is 11.1.